The van der Waals surface area contributed by atoms with Gasteiger partial charge >= 0.3 is 6.03 Å². The minimum absolute atomic E-state index is 0.317. The van der Waals surface area contributed by atoms with Gasteiger partial charge in [-0.3, -0.25) is 0 Å². The van der Waals surface area contributed by atoms with E-state index in [1.807, 2.05) is 38.1 Å². The zero-order chi connectivity index (χ0) is 15.8. The van der Waals surface area contributed by atoms with Crippen molar-refractivity contribution in [1.82, 2.24) is 0 Å². The highest BCUT2D eigenvalue weighted by molar-refractivity contribution is 5.99. The van der Waals surface area contributed by atoms with E-state index < -0.39 is 0 Å². The molecular formula is C17H20N2O3. The second-order valence-electron chi connectivity index (χ2n) is 4.50. The van der Waals surface area contributed by atoms with Crippen molar-refractivity contribution < 1.29 is 14.3 Å². The first-order valence-corrected chi connectivity index (χ1v) is 7.25. The van der Waals surface area contributed by atoms with Crippen LogP contribution >= 0.6 is 0 Å². The van der Waals surface area contributed by atoms with Crippen LogP contribution in [0.4, 0.5) is 16.2 Å². The molecule has 2 amide bonds. The molecule has 0 aliphatic rings. The summed E-state index contributed by atoms with van der Waals surface area (Å²) in [5.74, 6) is 1.44. The number of benzene rings is 2. The first kappa shape index (κ1) is 15.7. The molecule has 0 aromatic heterocycles. The largest absolute Gasteiger partial charge is 0.494 e. The van der Waals surface area contributed by atoms with E-state index in [-0.39, 0.29) is 6.03 Å². The Labute approximate surface area is 130 Å². The lowest BCUT2D eigenvalue weighted by Crippen LogP contribution is -2.19. The van der Waals surface area contributed by atoms with E-state index in [4.69, 9.17) is 9.47 Å². The maximum atomic E-state index is 12.0. The Morgan fingerprint density at radius 1 is 0.864 bits per heavy atom. The monoisotopic (exact) mass is 300 g/mol. The summed E-state index contributed by atoms with van der Waals surface area (Å²) in [4.78, 5) is 12.0. The highest BCUT2D eigenvalue weighted by atomic mass is 16.5. The molecule has 2 aromatic carbocycles. The molecule has 0 unspecified atom stereocenters. The second-order valence-corrected chi connectivity index (χ2v) is 4.50. The lowest BCUT2D eigenvalue weighted by Gasteiger charge is -2.10. The van der Waals surface area contributed by atoms with Gasteiger partial charge in [0.25, 0.3) is 0 Å². The SMILES string of the molecule is CCOc1cccc(NC(=O)Nc2cccc(OCC)c2)c1. The number of rotatable bonds is 6. The minimum atomic E-state index is -0.317. The van der Waals surface area contributed by atoms with Crippen LogP contribution in [0.2, 0.25) is 0 Å². The van der Waals surface area contributed by atoms with Crippen LogP contribution in [-0.4, -0.2) is 19.2 Å². The molecule has 0 saturated heterocycles. The van der Waals surface area contributed by atoms with Gasteiger partial charge in [-0.05, 0) is 38.1 Å². The van der Waals surface area contributed by atoms with Crippen LogP contribution in [0.5, 0.6) is 11.5 Å². The van der Waals surface area contributed by atoms with Crippen LogP contribution < -0.4 is 20.1 Å². The van der Waals surface area contributed by atoms with Crippen LogP contribution in [0.15, 0.2) is 48.5 Å². The molecule has 22 heavy (non-hydrogen) atoms. The Morgan fingerprint density at radius 2 is 1.32 bits per heavy atom. The molecule has 2 N–H and O–H groups in total. The molecule has 5 nitrogen and oxygen atoms in total. The van der Waals surface area contributed by atoms with Crippen LogP contribution in [0.3, 0.4) is 0 Å². The van der Waals surface area contributed by atoms with Gasteiger partial charge in [-0.2, -0.15) is 0 Å². The lowest BCUT2D eigenvalue weighted by molar-refractivity contribution is 0.262. The highest BCUT2D eigenvalue weighted by Gasteiger charge is 2.04. The molecule has 0 aliphatic heterocycles. The quantitative estimate of drug-likeness (QED) is 0.843. The molecule has 2 aromatic rings. The fraction of sp³-hybridized carbons (Fsp3) is 0.235. The zero-order valence-electron chi connectivity index (χ0n) is 12.8. The Bertz CT molecular complexity index is 575. The van der Waals surface area contributed by atoms with Crippen molar-refractivity contribution in [3.8, 4) is 11.5 Å². The van der Waals surface area contributed by atoms with Crippen molar-refractivity contribution >= 4 is 17.4 Å². The molecule has 0 fully saturated rings. The number of nitrogens with one attached hydrogen (secondary N) is 2. The summed E-state index contributed by atoms with van der Waals surface area (Å²) in [7, 11) is 0. The van der Waals surface area contributed by atoms with Crippen LogP contribution in [0.25, 0.3) is 0 Å². The molecule has 2 rings (SSSR count). The second kappa shape index (κ2) is 7.93. The van der Waals surface area contributed by atoms with Crippen molar-refractivity contribution in [2.24, 2.45) is 0 Å². The van der Waals surface area contributed by atoms with E-state index in [0.29, 0.717) is 24.6 Å². The van der Waals surface area contributed by atoms with Gasteiger partial charge in [-0.15, -0.1) is 0 Å². The van der Waals surface area contributed by atoms with Gasteiger partial charge in [-0.1, -0.05) is 12.1 Å². The van der Waals surface area contributed by atoms with Gasteiger partial charge < -0.3 is 20.1 Å². The summed E-state index contributed by atoms with van der Waals surface area (Å²) in [6, 6.07) is 14.2. The number of ether oxygens (including phenoxy) is 2. The van der Waals surface area contributed by atoms with Gasteiger partial charge in [0.05, 0.1) is 13.2 Å². The Hall–Kier alpha value is -2.69. The maximum absolute atomic E-state index is 12.0. The van der Waals surface area contributed by atoms with Gasteiger partial charge in [0.2, 0.25) is 0 Å². The Kier molecular flexibility index (Phi) is 5.65. The predicted octanol–water partition coefficient (Wildman–Crippen LogP) is 4.13. The molecular weight excluding hydrogens is 280 g/mol. The van der Waals surface area contributed by atoms with E-state index in [1.54, 1.807) is 24.3 Å². The highest BCUT2D eigenvalue weighted by Crippen LogP contribution is 2.19. The molecule has 116 valence electrons. The number of amides is 2. The van der Waals surface area contributed by atoms with Crippen molar-refractivity contribution in [3.63, 3.8) is 0 Å². The molecule has 0 saturated carbocycles. The van der Waals surface area contributed by atoms with E-state index >= 15 is 0 Å². The number of hydrogen-bond acceptors (Lipinski definition) is 3. The lowest BCUT2D eigenvalue weighted by atomic mass is 10.3. The van der Waals surface area contributed by atoms with E-state index in [9.17, 15) is 4.79 Å². The van der Waals surface area contributed by atoms with Crippen molar-refractivity contribution in [1.29, 1.82) is 0 Å². The number of carbonyl (C=O) groups is 1. The molecule has 0 spiro atoms. The average Bonchev–Trinajstić information content (AvgIpc) is 2.48. The average molecular weight is 300 g/mol. The molecule has 0 bridgehead atoms. The standard InChI is InChI=1S/C17H20N2O3/c1-3-21-15-9-5-7-13(11-15)18-17(20)19-14-8-6-10-16(12-14)22-4-2/h5-12H,3-4H2,1-2H3,(H2,18,19,20). The fourth-order valence-corrected chi connectivity index (χ4v) is 1.95. The first-order valence-electron chi connectivity index (χ1n) is 7.25. The summed E-state index contributed by atoms with van der Waals surface area (Å²) in [5, 5.41) is 5.54. The fourth-order valence-electron chi connectivity index (χ4n) is 1.95. The minimum Gasteiger partial charge on any atom is -0.494 e. The van der Waals surface area contributed by atoms with Crippen LogP contribution in [0.1, 0.15) is 13.8 Å². The Balaban J connectivity index is 1.97. The molecule has 0 heterocycles. The third-order valence-corrected chi connectivity index (χ3v) is 2.81. The van der Waals surface area contributed by atoms with Gasteiger partial charge in [0, 0.05) is 23.5 Å². The molecule has 0 aliphatic carbocycles. The van der Waals surface area contributed by atoms with Crippen LogP contribution in [-0.2, 0) is 0 Å². The molecule has 0 radical (unpaired) electrons. The molecule has 0 atom stereocenters. The summed E-state index contributed by atoms with van der Waals surface area (Å²) in [6.45, 7) is 5.00. The van der Waals surface area contributed by atoms with Gasteiger partial charge in [0.1, 0.15) is 11.5 Å². The van der Waals surface area contributed by atoms with Crippen LogP contribution in [0, 0.1) is 0 Å². The smallest absolute Gasteiger partial charge is 0.323 e. The predicted molar refractivity (Wildman–Crippen MR) is 87.9 cm³/mol. The van der Waals surface area contributed by atoms with Crippen molar-refractivity contribution in [3.05, 3.63) is 48.5 Å². The summed E-state index contributed by atoms with van der Waals surface area (Å²) < 4.78 is 10.8. The summed E-state index contributed by atoms with van der Waals surface area (Å²) in [6.07, 6.45) is 0. The molecule has 5 heteroatoms. The first-order chi connectivity index (χ1) is 10.7. The third-order valence-electron chi connectivity index (χ3n) is 2.81. The van der Waals surface area contributed by atoms with Gasteiger partial charge in [0.15, 0.2) is 0 Å². The zero-order valence-corrected chi connectivity index (χ0v) is 12.8. The summed E-state index contributed by atoms with van der Waals surface area (Å²) >= 11 is 0. The summed E-state index contributed by atoms with van der Waals surface area (Å²) in [5.41, 5.74) is 1.34. The number of hydrogen-bond donors (Lipinski definition) is 2. The number of carbonyl (C=O) groups excluding carboxylic acids is 1. The van der Waals surface area contributed by atoms with Crippen molar-refractivity contribution in [2.45, 2.75) is 13.8 Å². The number of urea groups is 1. The number of anilines is 2. The van der Waals surface area contributed by atoms with E-state index in [0.717, 1.165) is 11.5 Å². The van der Waals surface area contributed by atoms with Crippen molar-refractivity contribution in [2.75, 3.05) is 23.8 Å². The van der Waals surface area contributed by atoms with Gasteiger partial charge in [-0.25, -0.2) is 4.79 Å². The Morgan fingerprint density at radius 3 is 1.73 bits per heavy atom. The topological polar surface area (TPSA) is 59.6 Å². The van der Waals surface area contributed by atoms with E-state index in [1.165, 1.54) is 0 Å². The third kappa shape index (κ3) is 4.70. The maximum Gasteiger partial charge on any atom is 0.323 e. The van der Waals surface area contributed by atoms with E-state index in [2.05, 4.69) is 10.6 Å². The normalized spacial score (nSPS) is 9.91.